The first kappa shape index (κ1) is 36.3. The number of carbonyl (C=O) groups is 5. The Bertz CT molecular complexity index is 1040. The van der Waals surface area contributed by atoms with Crippen LogP contribution in [0.5, 0.6) is 0 Å². The van der Waals surface area contributed by atoms with Crippen LogP contribution < -0.4 is 0 Å². The fourth-order valence-corrected chi connectivity index (χ4v) is 2.50. The molecule has 242 valence electrons. The molecule has 26 heteroatoms. The van der Waals surface area contributed by atoms with E-state index in [1.807, 2.05) is 0 Å². The van der Waals surface area contributed by atoms with Gasteiger partial charge in [0.1, 0.15) is 12.7 Å². The summed E-state index contributed by atoms with van der Waals surface area (Å²) in [6.45, 7) is -2.41. The largest absolute Gasteiger partial charge is 0.491 e. The first-order chi connectivity index (χ1) is 18.6. The van der Waals surface area contributed by atoms with Crippen molar-refractivity contribution in [1.29, 1.82) is 0 Å². The summed E-state index contributed by atoms with van der Waals surface area (Å²) in [5.41, 5.74) is 0. The van der Waals surface area contributed by atoms with E-state index < -0.39 is 98.0 Å². The fourth-order valence-electron chi connectivity index (χ4n) is 2.50. The lowest BCUT2D eigenvalue weighted by Crippen LogP contribution is -2.50. The Morgan fingerprint density at radius 2 is 0.881 bits per heavy atom. The summed E-state index contributed by atoms with van der Waals surface area (Å²) in [4.78, 5) is 55.8. The average Bonchev–Trinajstić information content (AvgIpc) is 3.09. The van der Waals surface area contributed by atoms with E-state index in [-0.39, 0.29) is 0 Å². The molecule has 0 radical (unpaired) electrons. The second-order valence-corrected chi connectivity index (χ2v) is 7.15. The van der Waals surface area contributed by atoms with E-state index in [2.05, 4.69) is 28.4 Å². The summed E-state index contributed by atoms with van der Waals surface area (Å²) in [6, 6.07) is 0. The summed E-state index contributed by atoms with van der Waals surface area (Å²) < 4.78 is 211. The summed E-state index contributed by atoms with van der Waals surface area (Å²) >= 11 is 0. The third-order valence-corrected chi connectivity index (χ3v) is 4.08. The first-order valence-corrected chi connectivity index (χ1v) is 9.57. The minimum Gasteiger partial charge on any atom is -0.455 e. The average molecular weight is 660 g/mol. The van der Waals surface area contributed by atoms with E-state index in [0.29, 0.717) is 0 Å². The van der Waals surface area contributed by atoms with Gasteiger partial charge in [-0.15, -0.1) is 0 Å². The van der Waals surface area contributed by atoms with Crippen molar-refractivity contribution in [1.82, 2.24) is 0 Å². The maximum absolute atomic E-state index is 12.8. The smallest absolute Gasteiger partial charge is 0.455 e. The monoisotopic (exact) mass is 660 g/mol. The summed E-state index contributed by atoms with van der Waals surface area (Å²) in [6.07, 6.45) is -48.5. The molecule has 1 saturated heterocycles. The van der Waals surface area contributed by atoms with E-state index in [0.717, 1.165) is 0 Å². The minimum absolute atomic E-state index is 2.41. The van der Waals surface area contributed by atoms with Gasteiger partial charge >= 0.3 is 60.7 Å². The van der Waals surface area contributed by atoms with Crippen molar-refractivity contribution in [3.05, 3.63) is 0 Å². The van der Waals surface area contributed by atoms with Gasteiger partial charge in [0.25, 0.3) is 0 Å². The number of esters is 5. The van der Waals surface area contributed by atoms with E-state index in [1.54, 1.807) is 0 Å². The van der Waals surface area contributed by atoms with Gasteiger partial charge in [0.05, 0.1) is 0 Å². The van der Waals surface area contributed by atoms with Crippen LogP contribution in [-0.4, -0.2) is 98.0 Å². The van der Waals surface area contributed by atoms with E-state index in [4.69, 9.17) is 0 Å². The number of ether oxygens (including phenoxy) is 6. The van der Waals surface area contributed by atoms with Gasteiger partial charge in [-0.25, -0.2) is 24.0 Å². The lowest BCUT2D eigenvalue weighted by atomic mass is 10.1. The number of hydrogen-bond donors (Lipinski definition) is 0. The molecule has 5 unspecified atom stereocenters. The molecule has 0 saturated carbocycles. The molecule has 0 bridgehead atoms. The van der Waals surface area contributed by atoms with Crippen LogP contribution in [0, 0.1) is 0 Å². The van der Waals surface area contributed by atoms with Crippen LogP contribution in [0.4, 0.5) is 65.9 Å². The molecule has 0 aliphatic carbocycles. The topological polar surface area (TPSA) is 141 Å². The number of halogens is 15. The van der Waals surface area contributed by atoms with Gasteiger partial charge in [-0.05, 0) is 0 Å². The van der Waals surface area contributed by atoms with Crippen LogP contribution in [0.3, 0.4) is 0 Å². The van der Waals surface area contributed by atoms with Crippen molar-refractivity contribution >= 4 is 29.8 Å². The van der Waals surface area contributed by atoms with Crippen molar-refractivity contribution in [3.63, 3.8) is 0 Å². The van der Waals surface area contributed by atoms with E-state index in [1.165, 1.54) is 0 Å². The second kappa shape index (κ2) is 12.2. The van der Waals surface area contributed by atoms with Crippen LogP contribution in [0.15, 0.2) is 0 Å². The maximum atomic E-state index is 12.8. The summed E-state index contributed by atoms with van der Waals surface area (Å²) in [5, 5.41) is 0. The van der Waals surface area contributed by atoms with Gasteiger partial charge in [0.2, 0.25) is 12.4 Å². The maximum Gasteiger partial charge on any atom is 0.491 e. The standard InChI is InChI=1S/C16H7F15O11/c17-12(18,19)7(32)37-1-2(38-8(33)13(20,21)22)3-4(40-9(34)14(23,24)25)5(41-10(35)15(26,27)28)6(39-3)42-11(36)16(29,30)31/h2-6H,1H2. The molecule has 1 fully saturated rings. The van der Waals surface area contributed by atoms with Crippen LogP contribution in [0.2, 0.25) is 0 Å². The molecule has 1 rings (SSSR count). The molecule has 0 spiro atoms. The van der Waals surface area contributed by atoms with Crippen LogP contribution >= 0.6 is 0 Å². The van der Waals surface area contributed by atoms with Crippen LogP contribution in [0.1, 0.15) is 0 Å². The molecule has 0 aromatic rings. The normalized spacial score (nSPS) is 22.5. The molecule has 11 nitrogen and oxygen atoms in total. The Kier molecular flexibility index (Phi) is 10.6. The predicted molar refractivity (Wildman–Crippen MR) is 85.6 cm³/mol. The quantitative estimate of drug-likeness (QED) is 0.226. The molecule has 1 heterocycles. The fraction of sp³-hybridized carbons (Fsp3) is 0.688. The molecule has 0 aromatic heterocycles. The van der Waals surface area contributed by atoms with Gasteiger partial charge in [0, 0.05) is 0 Å². The highest BCUT2D eigenvalue weighted by atomic mass is 19.4. The highest BCUT2D eigenvalue weighted by Gasteiger charge is 2.61. The Labute approximate surface area is 217 Å². The van der Waals surface area contributed by atoms with Crippen LogP contribution in [-0.2, 0) is 52.4 Å². The Hall–Kier alpha value is -3.74. The molecule has 0 N–H and O–H groups in total. The third-order valence-electron chi connectivity index (χ3n) is 4.08. The first-order valence-electron chi connectivity index (χ1n) is 9.57. The van der Waals surface area contributed by atoms with E-state index in [9.17, 15) is 89.8 Å². The highest BCUT2D eigenvalue weighted by Crippen LogP contribution is 2.36. The molecule has 5 atom stereocenters. The molecule has 1 aliphatic heterocycles. The number of hydrogen-bond acceptors (Lipinski definition) is 11. The van der Waals surface area contributed by atoms with Gasteiger partial charge in [0.15, 0.2) is 12.2 Å². The second-order valence-electron chi connectivity index (χ2n) is 7.15. The van der Waals surface area contributed by atoms with Crippen molar-refractivity contribution in [3.8, 4) is 0 Å². The Morgan fingerprint density at radius 3 is 1.26 bits per heavy atom. The number of alkyl halides is 15. The zero-order chi connectivity index (χ0) is 33.2. The van der Waals surface area contributed by atoms with E-state index >= 15 is 0 Å². The molecule has 42 heavy (non-hydrogen) atoms. The Morgan fingerprint density at radius 1 is 0.524 bits per heavy atom. The van der Waals surface area contributed by atoms with Gasteiger partial charge in [-0.1, -0.05) is 0 Å². The Balaban J connectivity index is 3.73. The van der Waals surface area contributed by atoms with Gasteiger partial charge in [-0.3, -0.25) is 0 Å². The highest BCUT2D eigenvalue weighted by molar-refractivity contribution is 5.78. The lowest BCUT2D eigenvalue weighted by Gasteiger charge is -2.28. The molecule has 0 amide bonds. The SMILES string of the molecule is O=C(OCC(OC(=O)C(F)(F)F)C1OC(OC(=O)C(F)(F)F)C(OC(=O)C(F)(F)F)C1OC(=O)C(F)(F)F)C(F)(F)F. The van der Waals surface area contributed by atoms with Crippen molar-refractivity contribution in [2.45, 2.75) is 61.6 Å². The molecular weight excluding hydrogens is 653 g/mol. The van der Waals surface area contributed by atoms with Gasteiger partial charge < -0.3 is 28.4 Å². The number of rotatable bonds is 7. The molecule has 0 aromatic carbocycles. The summed E-state index contributed by atoms with van der Waals surface area (Å²) in [5.74, 6) is -17.5. The van der Waals surface area contributed by atoms with Crippen molar-refractivity contribution in [2.75, 3.05) is 6.61 Å². The third kappa shape index (κ3) is 9.97. The van der Waals surface area contributed by atoms with Gasteiger partial charge in [-0.2, -0.15) is 65.9 Å². The van der Waals surface area contributed by atoms with Crippen molar-refractivity contribution < 1.29 is 118 Å². The minimum atomic E-state index is -6.22. The lowest BCUT2D eigenvalue weighted by molar-refractivity contribution is -0.246. The zero-order valence-corrected chi connectivity index (χ0v) is 18.8. The zero-order valence-electron chi connectivity index (χ0n) is 18.8. The summed E-state index contributed by atoms with van der Waals surface area (Å²) in [7, 11) is 0. The predicted octanol–water partition coefficient (Wildman–Crippen LogP) is 2.34. The van der Waals surface area contributed by atoms with Crippen molar-refractivity contribution in [2.24, 2.45) is 0 Å². The molecule has 1 aliphatic rings. The van der Waals surface area contributed by atoms with Crippen LogP contribution in [0.25, 0.3) is 0 Å². The number of carbonyl (C=O) groups excluding carboxylic acids is 5. The molecular formula is C16H7F15O11.